The molecule has 8 heteroatoms. The summed E-state index contributed by atoms with van der Waals surface area (Å²) in [4.78, 5) is 8.24. The zero-order valence-electron chi connectivity index (χ0n) is 14.1. The molecule has 24 heavy (non-hydrogen) atoms. The SMILES string of the molecule is Cc1ccc(O[C@H]2CCN(S(=O)(=O)c3cn(C(C)C)cn3)C2)cn1. The molecule has 1 aliphatic rings. The molecule has 1 saturated heterocycles. The van der Waals surface area contributed by atoms with Gasteiger partial charge in [0.25, 0.3) is 10.0 Å². The number of sulfonamides is 1. The van der Waals surface area contributed by atoms with E-state index in [9.17, 15) is 8.42 Å². The van der Waals surface area contributed by atoms with Crippen LogP contribution >= 0.6 is 0 Å². The Morgan fingerprint density at radius 3 is 2.71 bits per heavy atom. The summed E-state index contributed by atoms with van der Waals surface area (Å²) in [6.45, 7) is 6.62. The van der Waals surface area contributed by atoms with Gasteiger partial charge in [-0.25, -0.2) is 13.4 Å². The standard InChI is InChI=1S/C16H22N4O3S/c1-12(2)19-10-16(18-11-19)24(21,22)20-7-6-15(9-20)23-14-5-4-13(3)17-8-14/h4-5,8,10-12,15H,6-7,9H2,1-3H3/t15-/m0/s1. The molecule has 0 radical (unpaired) electrons. The minimum Gasteiger partial charge on any atom is -0.487 e. The molecule has 1 fully saturated rings. The number of hydrogen-bond acceptors (Lipinski definition) is 5. The molecule has 0 unspecified atom stereocenters. The first-order chi connectivity index (χ1) is 11.4. The van der Waals surface area contributed by atoms with Crippen LogP contribution in [0.15, 0.2) is 35.9 Å². The first kappa shape index (κ1) is 16.9. The third kappa shape index (κ3) is 3.44. The van der Waals surface area contributed by atoms with Crippen molar-refractivity contribution in [3.63, 3.8) is 0 Å². The summed E-state index contributed by atoms with van der Waals surface area (Å²) in [5.74, 6) is 0.661. The minimum absolute atomic E-state index is 0.0915. The van der Waals surface area contributed by atoms with Gasteiger partial charge in [-0.05, 0) is 39.3 Å². The second kappa shape index (κ2) is 6.52. The largest absolute Gasteiger partial charge is 0.487 e. The number of aromatic nitrogens is 3. The number of pyridine rings is 1. The quantitative estimate of drug-likeness (QED) is 0.824. The van der Waals surface area contributed by atoms with Crippen molar-refractivity contribution >= 4 is 10.0 Å². The van der Waals surface area contributed by atoms with E-state index in [4.69, 9.17) is 4.74 Å². The highest BCUT2D eigenvalue weighted by Crippen LogP contribution is 2.23. The molecule has 7 nitrogen and oxygen atoms in total. The van der Waals surface area contributed by atoms with E-state index in [0.717, 1.165) is 5.69 Å². The molecule has 0 aliphatic carbocycles. The van der Waals surface area contributed by atoms with Crippen molar-refractivity contribution in [2.75, 3.05) is 13.1 Å². The second-order valence-corrected chi connectivity index (χ2v) is 8.16. The maximum Gasteiger partial charge on any atom is 0.262 e. The lowest BCUT2D eigenvalue weighted by Gasteiger charge is -2.16. The van der Waals surface area contributed by atoms with Gasteiger partial charge >= 0.3 is 0 Å². The number of rotatable bonds is 5. The molecule has 0 bridgehead atoms. The lowest BCUT2D eigenvalue weighted by Crippen LogP contribution is -2.31. The van der Waals surface area contributed by atoms with Crippen LogP contribution in [0.5, 0.6) is 5.75 Å². The molecule has 2 aromatic rings. The molecule has 0 amide bonds. The fraction of sp³-hybridized carbons (Fsp3) is 0.500. The normalized spacial score (nSPS) is 19.1. The average Bonchev–Trinajstić information content (AvgIpc) is 3.19. The van der Waals surface area contributed by atoms with E-state index in [0.29, 0.717) is 25.3 Å². The van der Waals surface area contributed by atoms with Crippen LogP contribution in [0.4, 0.5) is 0 Å². The summed E-state index contributed by atoms with van der Waals surface area (Å²) < 4.78 is 34.5. The van der Waals surface area contributed by atoms with E-state index in [1.165, 1.54) is 4.31 Å². The zero-order chi connectivity index (χ0) is 17.3. The zero-order valence-corrected chi connectivity index (χ0v) is 14.9. The van der Waals surface area contributed by atoms with Gasteiger partial charge in [0, 0.05) is 24.5 Å². The number of hydrogen-bond donors (Lipinski definition) is 0. The van der Waals surface area contributed by atoms with Crippen LogP contribution in [-0.4, -0.2) is 46.5 Å². The summed E-state index contributed by atoms with van der Waals surface area (Å²) in [6.07, 6.45) is 5.28. The lowest BCUT2D eigenvalue weighted by atomic mass is 10.3. The molecule has 0 N–H and O–H groups in total. The third-order valence-electron chi connectivity index (χ3n) is 4.07. The molecule has 3 heterocycles. The molecule has 130 valence electrons. The predicted molar refractivity (Wildman–Crippen MR) is 89.4 cm³/mol. The highest BCUT2D eigenvalue weighted by atomic mass is 32.2. The summed E-state index contributed by atoms with van der Waals surface area (Å²) in [7, 11) is -3.58. The topological polar surface area (TPSA) is 77.3 Å². The maximum absolute atomic E-state index is 12.7. The Bertz CT molecular complexity index is 799. The molecule has 1 atom stereocenters. The van der Waals surface area contributed by atoms with Gasteiger partial charge < -0.3 is 9.30 Å². The van der Waals surface area contributed by atoms with E-state index in [-0.39, 0.29) is 17.2 Å². The fourth-order valence-electron chi connectivity index (χ4n) is 2.59. The first-order valence-corrected chi connectivity index (χ1v) is 9.43. The highest BCUT2D eigenvalue weighted by Gasteiger charge is 2.35. The highest BCUT2D eigenvalue weighted by molar-refractivity contribution is 7.89. The van der Waals surface area contributed by atoms with Crippen LogP contribution in [0, 0.1) is 6.92 Å². The summed E-state index contributed by atoms with van der Waals surface area (Å²) in [6, 6.07) is 3.89. The van der Waals surface area contributed by atoms with Crippen molar-refractivity contribution in [2.24, 2.45) is 0 Å². The van der Waals surface area contributed by atoms with Crippen molar-refractivity contribution in [2.45, 2.75) is 44.4 Å². The molecule has 0 aromatic carbocycles. The van der Waals surface area contributed by atoms with Crippen molar-refractivity contribution in [3.05, 3.63) is 36.5 Å². The van der Waals surface area contributed by atoms with Crippen molar-refractivity contribution < 1.29 is 13.2 Å². The van der Waals surface area contributed by atoms with Crippen LogP contribution in [0.1, 0.15) is 32.0 Å². The van der Waals surface area contributed by atoms with E-state index in [2.05, 4.69) is 9.97 Å². The van der Waals surface area contributed by atoms with Crippen LogP contribution in [0.2, 0.25) is 0 Å². The van der Waals surface area contributed by atoms with Gasteiger partial charge in [-0.15, -0.1) is 0 Å². The Morgan fingerprint density at radius 1 is 1.29 bits per heavy atom. The Morgan fingerprint density at radius 2 is 2.08 bits per heavy atom. The molecular formula is C16H22N4O3S. The summed E-state index contributed by atoms with van der Waals surface area (Å²) in [5.41, 5.74) is 0.915. The minimum atomic E-state index is -3.58. The van der Waals surface area contributed by atoms with Gasteiger partial charge in [0.05, 0.1) is 19.1 Å². The molecule has 3 rings (SSSR count). The van der Waals surface area contributed by atoms with Gasteiger partial charge in [-0.1, -0.05) is 0 Å². The van der Waals surface area contributed by atoms with Gasteiger partial charge in [0.15, 0.2) is 5.03 Å². The lowest BCUT2D eigenvalue weighted by molar-refractivity contribution is 0.214. The maximum atomic E-state index is 12.7. The van der Waals surface area contributed by atoms with E-state index in [1.807, 2.05) is 32.9 Å². The second-order valence-electron chi connectivity index (χ2n) is 6.28. The van der Waals surface area contributed by atoms with Crippen LogP contribution in [-0.2, 0) is 10.0 Å². The number of aryl methyl sites for hydroxylation is 1. The monoisotopic (exact) mass is 350 g/mol. The molecule has 1 aliphatic heterocycles. The predicted octanol–water partition coefficient (Wildman–Crippen LogP) is 2.01. The van der Waals surface area contributed by atoms with Gasteiger partial charge in [-0.2, -0.15) is 4.31 Å². The number of nitrogens with zero attached hydrogens (tertiary/aromatic N) is 4. The first-order valence-electron chi connectivity index (χ1n) is 7.99. The molecule has 2 aromatic heterocycles. The summed E-state index contributed by atoms with van der Waals surface area (Å²) >= 11 is 0. The van der Waals surface area contributed by atoms with Gasteiger partial charge in [-0.3, -0.25) is 4.98 Å². The molecule has 0 spiro atoms. The number of imidazole rings is 1. The fourth-order valence-corrected chi connectivity index (χ4v) is 4.00. The van der Waals surface area contributed by atoms with Crippen molar-refractivity contribution in [1.82, 2.24) is 18.8 Å². The Hall–Kier alpha value is -1.93. The Kier molecular flexibility index (Phi) is 4.60. The van der Waals surface area contributed by atoms with Crippen molar-refractivity contribution in [3.8, 4) is 5.75 Å². The van der Waals surface area contributed by atoms with Crippen LogP contribution in [0.25, 0.3) is 0 Å². The van der Waals surface area contributed by atoms with E-state index in [1.54, 1.807) is 23.3 Å². The van der Waals surface area contributed by atoms with E-state index < -0.39 is 10.0 Å². The molecular weight excluding hydrogens is 328 g/mol. The van der Waals surface area contributed by atoms with Crippen LogP contribution in [0.3, 0.4) is 0 Å². The third-order valence-corrected chi connectivity index (χ3v) is 5.82. The van der Waals surface area contributed by atoms with Gasteiger partial charge in [0.1, 0.15) is 11.9 Å². The average molecular weight is 350 g/mol. The Labute approximate surface area is 142 Å². The van der Waals surface area contributed by atoms with Crippen LogP contribution < -0.4 is 4.74 Å². The molecule has 0 saturated carbocycles. The summed E-state index contributed by atoms with van der Waals surface area (Å²) in [5, 5.41) is 0.0915. The van der Waals surface area contributed by atoms with E-state index >= 15 is 0 Å². The van der Waals surface area contributed by atoms with Crippen molar-refractivity contribution in [1.29, 1.82) is 0 Å². The van der Waals surface area contributed by atoms with Gasteiger partial charge in [0.2, 0.25) is 0 Å². The smallest absolute Gasteiger partial charge is 0.262 e. The number of ether oxygens (including phenoxy) is 1. The Balaban J connectivity index is 1.68.